The van der Waals surface area contributed by atoms with Gasteiger partial charge in [-0.3, -0.25) is 0 Å². The molecular weight excluding hydrogens is 171 g/mol. The van der Waals surface area contributed by atoms with Gasteiger partial charge in [-0.05, 0) is 6.07 Å². The lowest BCUT2D eigenvalue weighted by Gasteiger charge is -1.96. The maximum absolute atomic E-state index is 5.51. The quantitative estimate of drug-likeness (QED) is 0.667. The minimum absolute atomic E-state index is 0. The van der Waals surface area contributed by atoms with Gasteiger partial charge in [0.25, 0.3) is 0 Å². The van der Waals surface area contributed by atoms with Gasteiger partial charge in [-0.25, -0.2) is 4.98 Å². The predicted molar refractivity (Wildman–Crippen MR) is 45.5 cm³/mol. The molecule has 0 aromatic carbocycles. The second kappa shape index (κ2) is 4.36. The van der Waals surface area contributed by atoms with Crippen molar-refractivity contribution in [2.45, 2.75) is 5.88 Å². The van der Waals surface area contributed by atoms with Gasteiger partial charge in [0.2, 0.25) is 0 Å². The van der Waals surface area contributed by atoms with Crippen molar-refractivity contribution in [3.05, 3.63) is 23.9 Å². The van der Waals surface area contributed by atoms with Crippen molar-refractivity contribution < 1.29 is 0 Å². The standard InChI is InChI=1S/C6H7ClN2.ClH/c7-4-5-2-1-3-9-6(5)8;/h1-3H,4H2,(H2,8,9);1H. The molecule has 0 saturated carbocycles. The maximum Gasteiger partial charge on any atom is 0.127 e. The Hall–Kier alpha value is -0.470. The molecule has 0 unspecified atom stereocenters. The van der Waals surface area contributed by atoms with Crippen molar-refractivity contribution in [3.63, 3.8) is 0 Å². The molecule has 0 amide bonds. The van der Waals surface area contributed by atoms with E-state index < -0.39 is 0 Å². The smallest absolute Gasteiger partial charge is 0.127 e. The second-order valence-corrected chi connectivity index (χ2v) is 1.95. The number of nitrogens with two attached hydrogens (primary N) is 1. The molecular formula is C6H8Cl2N2. The van der Waals surface area contributed by atoms with Crippen molar-refractivity contribution >= 4 is 29.8 Å². The van der Waals surface area contributed by atoms with E-state index in [1.54, 1.807) is 6.20 Å². The van der Waals surface area contributed by atoms with E-state index in [1.807, 2.05) is 12.1 Å². The molecule has 1 heterocycles. The molecule has 0 aliphatic carbocycles. The van der Waals surface area contributed by atoms with Crippen LogP contribution in [0.3, 0.4) is 0 Å². The largest absolute Gasteiger partial charge is 0.383 e. The van der Waals surface area contributed by atoms with Gasteiger partial charge in [-0.2, -0.15) is 0 Å². The van der Waals surface area contributed by atoms with Crippen LogP contribution in [0.15, 0.2) is 18.3 Å². The summed E-state index contributed by atoms with van der Waals surface area (Å²) in [5.41, 5.74) is 6.32. The summed E-state index contributed by atoms with van der Waals surface area (Å²) in [6.45, 7) is 0. The molecule has 2 N–H and O–H groups in total. The Morgan fingerprint density at radius 1 is 1.60 bits per heavy atom. The summed E-state index contributed by atoms with van der Waals surface area (Å²) in [6, 6.07) is 3.67. The van der Waals surface area contributed by atoms with Crippen LogP contribution in [0.4, 0.5) is 5.82 Å². The Labute approximate surface area is 70.8 Å². The van der Waals surface area contributed by atoms with Gasteiger partial charge in [-0.1, -0.05) is 6.07 Å². The Kier molecular flexibility index (Phi) is 4.16. The SMILES string of the molecule is Cl.Nc1ncccc1CCl. The monoisotopic (exact) mass is 178 g/mol. The highest BCUT2D eigenvalue weighted by atomic mass is 35.5. The number of aromatic nitrogens is 1. The average molecular weight is 179 g/mol. The summed E-state index contributed by atoms with van der Waals surface area (Å²) in [6.07, 6.45) is 1.64. The van der Waals surface area contributed by atoms with Crippen LogP contribution in [0, 0.1) is 0 Å². The van der Waals surface area contributed by atoms with Crippen LogP contribution in [0.2, 0.25) is 0 Å². The first-order valence-corrected chi connectivity index (χ1v) is 3.13. The highest BCUT2D eigenvalue weighted by Crippen LogP contribution is 2.08. The first kappa shape index (κ1) is 9.53. The summed E-state index contributed by atoms with van der Waals surface area (Å²) in [5, 5.41) is 0. The molecule has 0 bridgehead atoms. The first-order chi connectivity index (χ1) is 4.34. The molecule has 1 rings (SSSR count). The first-order valence-electron chi connectivity index (χ1n) is 2.60. The zero-order chi connectivity index (χ0) is 6.69. The number of alkyl halides is 1. The molecule has 10 heavy (non-hydrogen) atoms. The van der Waals surface area contributed by atoms with Crippen LogP contribution in [0.5, 0.6) is 0 Å². The fraction of sp³-hybridized carbons (Fsp3) is 0.167. The number of pyridine rings is 1. The highest BCUT2D eigenvalue weighted by Gasteiger charge is 1.93. The van der Waals surface area contributed by atoms with E-state index in [2.05, 4.69) is 4.98 Å². The number of hydrogen-bond donors (Lipinski definition) is 1. The molecule has 0 saturated heterocycles. The molecule has 1 aromatic heterocycles. The average Bonchev–Trinajstić information content (AvgIpc) is 1.89. The van der Waals surface area contributed by atoms with Gasteiger partial charge < -0.3 is 5.73 Å². The number of nitrogens with zero attached hydrogens (tertiary/aromatic N) is 1. The Bertz CT molecular complexity index is 203. The Morgan fingerprint density at radius 3 is 2.70 bits per heavy atom. The lowest BCUT2D eigenvalue weighted by Crippen LogP contribution is -1.93. The molecule has 0 radical (unpaired) electrons. The molecule has 0 fully saturated rings. The van der Waals surface area contributed by atoms with Gasteiger partial charge in [0, 0.05) is 11.8 Å². The van der Waals surface area contributed by atoms with E-state index in [1.165, 1.54) is 0 Å². The summed E-state index contributed by atoms with van der Waals surface area (Å²) in [4.78, 5) is 3.84. The second-order valence-electron chi connectivity index (χ2n) is 1.68. The van der Waals surface area contributed by atoms with E-state index in [0.29, 0.717) is 11.7 Å². The molecule has 2 nitrogen and oxygen atoms in total. The number of anilines is 1. The van der Waals surface area contributed by atoms with Crippen molar-refractivity contribution in [2.75, 3.05) is 5.73 Å². The van der Waals surface area contributed by atoms with E-state index in [9.17, 15) is 0 Å². The van der Waals surface area contributed by atoms with Crippen molar-refractivity contribution in [1.82, 2.24) is 4.98 Å². The summed E-state index contributed by atoms with van der Waals surface area (Å²) < 4.78 is 0. The van der Waals surface area contributed by atoms with Crippen molar-refractivity contribution in [2.24, 2.45) is 0 Å². The van der Waals surface area contributed by atoms with Crippen molar-refractivity contribution in [1.29, 1.82) is 0 Å². The van der Waals surface area contributed by atoms with E-state index in [4.69, 9.17) is 17.3 Å². The van der Waals surface area contributed by atoms with Crippen LogP contribution in [-0.4, -0.2) is 4.98 Å². The van der Waals surface area contributed by atoms with Crippen LogP contribution in [0.1, 0.15) is 5.56 Å². The third-order valence-corrected chi connectivity index (χ3v) is 1.36. The lowest BCUT2D eigenvalue weighted by molar-refractivity contribution is 1.26. The van der Waals surface area contributed by atoms with Gasteiger partial charge in [-0.15, -0.1) is 24.0 Å². The molecule has 0 aliphatic heterocycles. The van der Waals surface area contributed by atoms with Gasteiger partial charge in [0.1, 0.15) is 5.82 Å². The maximum atomic E-state index is 5.51. The lowest BCUT2D eigenvalue weighted by atomic mass is 10.3. The van der Waals surface area contributed by atoms with E-state index >= 15 is 0 Å². The number of rotatable bonds is 1. The molecule has 4 heteroatoms. The molecule has 1 aromatic rings. The van der Waals surface area contributed by atoms with Gasteiger partial charge >= 0.3 is 0 Å². The number of nitrogen functional groups attached to an aromatic ring is 1. The fourth-order valence-corrected chi connectivity index (χ4v) is 0.790. The Balaban J connectivity index is 0.000000810. The van der Waals surface area contributed by atoms with Crippen molar-refractivity contribution in [3.8, 4) is 0 Å². The topological polar surface area (TPSA) is 38.9 Å². The third kappa shape index (κ3) is 2.05. The molecule has 0 atom stereocenters. The summed E-state index contributed by atoms with van der Waals surface area (Å²) >= 11 is 5.51. The number of hydrogen-bond acceptors (Lipinski definition) is 2. The highest BCUT2D eigenvalue weighted by molar-refractivity contribution is 6.17. The van der Waals surface area contributed by atoms with E-state index in [0.717, 1.165) is 5.56 Å². The normalized spacial score (nSPS) is 8.50. The fourth-order valence-electron chi connectivity index (χ4n) is 0.564. The van der Waals surface area contributed by atoms with Crippen LogP contribution in [0.25, 0.3) is 0 Å². The zero-order valence-corrected chi connectivity index (χ0v) is 6.82. The van der Waals surface area contributed by atoms with Gasteiger partial charge in [0.05, 0.1) is 5.88 Å². The summed E-state index contributed by atoms with van der Waals surface area (Å²) in [7, 11) is 0. The zero-order valence-electron chi connectivity index (χ0n) is 5.25. The van der Waals surface area contributed by atoms with Crippen LogP contribution >= 0.6 is 24.0 Å². The summed E-state index contributed by atoms with van der Waals surface area (Å²) in [5.74, 6) is 0.951. The van der Waals surface area contributed by atoms with Crippen LogP contribution in [-0.2, 0) is 5.88 Å². The minimum Gasteiger partial charge on any atom is -0.383 e. The molecule has 0 aliphatic rings. The molecule has 56 valence electrons. The predicted octanol–water partition coefficient (Wildman–Crippen LogP) is 1.82. The molecule has 0 spiro atoms. The Morgan fingerprint density at radius 2 is 2.30 bits per heavy atom. The van der Waals surface area contributed by atoms with Gasteiger partial charge in [0.15, 0.2) is 0 Å². The third-order valence-electron chi connectivity index (χ3n) is 1.07. The van der Waals surface area contributed by atoms with Crippen LogP contribution < -0.4 is 5.73 Å². The van der Waals surface area contributed by atoms with E-state index in [-0.39, 0.29) is 12.4 Å². The minimum atomic E-state index is 0. The number of halogens is 2.